The van der Waals surface area contributed by atoms with Crippen LogP contribution in [-0.4, -0.2) is 32.7 Å². The fourth-order valence-electron chi connectivity index (χ4n) is 3.31. The van der Waals surface area contributed by atoms with Gasteiger partial charge in [0.05, 0.1) is 16.5 Å². The third-order valence-corrected chi connectivity index (χ3v) is 5.99. The Bertz CT molecular complexity index is 982. The summed E-state index contributed by atoms with van der Waals surface area (Å²) in [4.78, 5) is 24.9. The molecule has 0 spiro atoms. The van der Waals surface area contributed by atoms with Crippen LogP contribution in [0, 0.1) is 0 Å². The molecule has 28 heavy (non-hydrogen) atoms. The molecule has 1 aliphatic carbocycles. The first kappa shape index (κ1) is 20.1. The first-order chi connectivity index (χ1) is 13.3. The van der Waals surface area contributed by atoms with Gasteiger partial charge in [-0.05, 0) is 61.6 Å². The van der Waals surface area contributed by atoms with Gasteiger partial charge in [0.2, 0.25) is 0 Å². The second-order valence-electron chi connectivity index (χ2n) is 7.00. The highest BCUT2D eigenvalue weighted by Gasteiger charge is 2.25. The van der Waals surface area contributed by atoms with Gasteiger partial charge in [-0.15, -0.1) is 0 Å². The number of benzene rings is 2. The van der Waals surface area contributed by atoms with Crippen molar-refractivity contribution >= 4 is 21.7 Å². The number of carbonyl (C=O) groups is 2. The highest BCUT2D eigenvalue weighted by atomic mass is 32.2. The first-order valence-electron chi connectivity index (χ1n) is 9.15. The average Bonchev–Trinajstić information content (AvgIpc) is 2.67. The minimum atomic E-state index is -3.34. The fraction of sp³-hybridized carbons (Fsp3) is 0.333. The molecule has 0 bridgehead atoms. The molecule has 6 nitrogen and oxygen atoms in total. The van der Waals surface area contributed by atoms with E-state index in [0.29, 0.717) is 0 Å². The summed E-state index contributed by atoms with van der Waals surface area (Å²) in [5, 5.41) is 2.97. The summed E-state index contributed by atoms with van der Waals surface area (Å²) in [6.07, 6.45) is 2.96. The number of rotatable bonds is 5. The van der Waals surface area contributed by atoms with Crippen molar-refractivity contribution in [2.45, 2.75) is 43.2 Å². The molecule has 3 rings (SSSR count). The summed E-state index contributed by atoms with van der Waals surface area (Å²) in [5.74, 6) is -1.03. The molecule has 0 fully saturated rings. The predicted octanol–water partition coefficient (Wildman–Crippen LogP) is 2.83. The molecule has 0 heterocycles. The zero-order chi connectivity index (χ0) is 20.3. The Kier molecular flexibility index (Phi) is 5.84. The SMILES string of the molecule is C[C@H](OC(=O)c1ccc(S(C)(=O)=O)cc1)C(=O)N[C@@H]1CCCc2ccccc21. The van der Waals surface area contributed by atoms with Crippen molar-refractivity contribution in [3.05, 3.63) is 65.2 Å². The number of sulfone groups is 1. The lowest BCUT2D eigenvalue weighted by Gasteiger charge is -2.27. The molecule has 1 amide bonds. The van der Waals surface area contributed by atoms with E-state index in [2.05, 4.69) is 11.4 Å². The van der Waals surface area contributed by atoms with Crippen molar-refractivity contribution in [1.82, 2.24) is 5.32 Å². The van der Waals surface area contributed by atoms with Crippen LogP contribution >= 0.6 is 0 Å². The Morgan fingerprint density at radius 1 is 1.11 bits per heavy atom. The van der Waals surface area contributed by atoms with Crippen LogP contribution in [0.1, 0.15) is 47.3 Å². The predicted molar refractivity (Wildman–Crippen MR) is 105 cm³/mol. The molecule has 1 N–H and O–H groups in total. The van der Waals surface area contributed by atoms with Gasteiger partial charge < -0.3 is 10.1 Å². The van der Waals surface area contributed by atoms with E-state index in [1.54, 1.807) is 0 Å². The van der Waals surface area contributed by atoms with E-state index in [4.69, 9.17) is 4.74 Å². The van der Waals surface area contributed by atoms with Crippen molar-refractivity contribution in [2.75, 3.05) is 6.26 Å². The Morgan fingerprint density at radius 3 is 2.46 bits per heavy atom. The normalized spacial score (nSPS) is 17.3. The molecule has 1 aliphatic rings. The van der Waals surface area contributed by atoms with Gasteiger partial charge in [-0.2, -0.15) is 0 Å². The quantitative estimate of drug-likeness (QED) is 0.778. The van der Waals surface area contributed by atoms with Gasteiger partial charge in [0.1, 0.15) is 0 Å². The summed E-state index contributed by atoms with van der Waals surface area (Å²) in [6.45, 7) is 1.52. The third kappa shape index (κ3) is 4.59. The summed E-state index contributed by atoms with van der Waals surface area (Å²) in [6, 6.07) is 13.4. The molecular weight excluding hydrogens is 378 g/mol. The van der Waals surface area contributed by atoms with E-state index in [1.807, 2.05) is 18.2 Å². The van der Waals surface area contributed by atoms with E-state index in [9.17, 15) is 18.0 Å². The number of hydrogen-bond acceptors (Lipinski definition) is 5. The van der Waals surface area contributed by atoms with Gasteiger partial charge in [-0.25, -0.2) is 13.2 Å². The number of aryl methyl sites for hydroxylation is 1. The number of carbonyl (C=O) groups excluding carboxylic acids is 2. The van der Waals surface area contributed by atoms with Crippen LogP contribution in [0.5, 0.6) is 0 Å². The number of nitrogens with one attached hydrogen (secondary N) is 1. The lowest BCUT2D eigenvalue weighted by molar-refractivity contribution is -0.130. The topological polar surface area (TPSA) is 89.5 Å². The van der Waals surface area contributed by atoms with E-state index in [1.165, 1.54) is 36.8 Å². The summed E-state index contributed by atoms with van der Waals surface area (Å²) in [5.41, 5.74) is 2.53. The van der Waals surface area contributed by atoms with Crippen LogP contribution in [0.4, 0.5) is 0 Å². The van der Waals surface area contributed by atoms with Gasteiger partial charge in [0, 0.05) is 6.26 Å². The second-order valence-corrected chi connectivity index (χ2v) is 9.01. The maximum absolute atomic E-state index is 12.5. The molecule has 0 unspecified atom stereocenters. The minimum absolute atomic E-state index is 0.0901. The molecule has 0 radical (unpaired) electrons. The highest BCUT2D eigenvalue weighted by Crippen LogP contribution is 2.29. The maximum atomic E-state index is 12.5. The van der Waals surface area contributed by atoms with Crippen LogP contribution in [0.3, 0.4) is 0 Å². The first-order valence-corrected chi connectivity index (χ1v) is 11.0. The average molecular weight is 401 g/mol. The van der Waals surface area contributed by atoms with Crippen LogP contribution in [0.15, 0.2) is 53.4 Å². The molecule has 148 valence electrons. The standard InChI is InChI=1S/C21H23NO5S/c1-14(27-21(24)16-10-12-17(13-11-16)28(2,25)26)20(23)22-19-9-5-7-15-6-3-4-8-18(15)19/h3-4,6,8,10-14,19H,5,7,9H2,1-2H3,(H,22,23)/t14-,19+/m0/s1. The molecule has 0 saturated heterocycles. The highest BCUT2D eigenvalue weighted by molar-refractivity contribution is 7.90. The fourth-order valence-corrected chi connectivity index (χ4v) is 3.94. The molecule has 0 saturated carbocycles. The van der Waals surface area contributed by atoms with Gasteiger partial charge in [-0.1, -0.05) is 24.3 Å². The number of amides is 1. The third-order valence-electron chi connectivity index (χ3n) is 4.86. The van der Waals surface area contributed by atoms with Crippen LogP contribution in [0.2, 0.25) is 0 Å². The van der Waals surface area contributed by atoms with Crippen LogP contribution in [-0.2, 0) is 25.8 Å². The van der Waals surface area contributed by atoms with Crippen LogP contribution in [0.25, 0.3) is 0 Å². The summed E-state index contributed by atoms with van der Waals surface area (Å²) >= 11 is 0. The van der Waals surface area contributed by atoms with Crippen LogP contribution < -0.4 is 5.32 Å². The molecule has 0 aromatic heterocycles. The molecule has 2 aromatic carbocycles. The molecule has 7 heteroatoms. The molecule has 2 aromatic rings. The van der Waals surface area contributed by atoms with Crippen molar-refractivity contribution in [3.8, 4) is 0 Å². The van der Waals surface area contributed by atoms with E-state index < -0.39 is 21.9 Å². The molecule has 2 atom stereocenters. The monoisotopic (exact) mass is 401 g/mol. The van der Waals surface area contributed by atoms with Gasteiger partial charge in [0.15, 0.2) is 15.9 Å². The smallest absolute Gasteiger partial charge is 0.338 e. The minimum Gasteiger partial charge on any atom is -0.449 e. The maximum Gasteiger partial charge on any atom is 0.338 e. The number of hydrogen-bond donors (Lipinski definition) is 1. The van der Waals surface area contributed by atoms with E-state index in [0.717, 1.165) is 31.1 Å². The van der Waals surface area contributed by atoms with Crippen molar-refractivity contribution in [3.63, 3.8) is 0 Å². The zero-order valence-electron chi connectivity index (χ0n) is 15.8. The molecular formula is C21H23NO5S. The van der Waals surface area contributed by atoms with Gasteiger partial charge in [0.25, 0.3) is 5.91 Å². The lowest BCUT2D eigenvalue weighted by Crippen LogP contribution is -2.39. The number of ether oxygens (including phenoxy) is 1. The summed E-state index contributed by atoms with van der Waals surface area (Å²) in [7, 11) is -3.34. The largest absolute Gasteiger partial charge is 0.449 e. The Labute approximate surface area is 164 Å². The van der Waals surface area contributed by atoms with Gasteiger partial charge >= 0.3 is 5.97 Å². The number of fused-ring (bicyclic) bond motifs is 1. The Balaban J connectivity index is 1.62. The number of esters is 1. The second kappa shape index (κ2) is 8.14. The van der Waals surface area contributed by atoms with Crippen molar-refractivity contribution in [1.29, 1.82) is 0 Å². The Hall–Kier alpha value is -2.67. The zero-order valence-corrected chi connectivity index (χ0v) is 16.7. The van der Waals surface area contributed by atoms with Crippen molar-refractivity contribution < 1.29 is 22.7 Å². The Morgan fingerprint density at radius 2 is 1.79 bits per heavy atom. The van der Waals surface area contributed by atoms with E-state index in [-0.39, 0.29) is 22.4 Å². The molecule has 0 aliphatic heterocycles. The lowest BCUT2D eigenvalue weighted by atomic mass is 9.87. The summed E-state index contributed by atoms with van der Waals surface area (Å²) < 4.78 is 28.2. The van der Waals surface area contributed by atoms with Gasteiger partial charge in [-0.3, -0.25) is 4.79 Å². The van der Waals surface area contributed by atoms with Crippen molar-refractivity contribution in [2.24, 2.45) is 0 Å². The van der Waals surface area contributed by atoms with E-state index >= 15 is 0 Å².